The molecule has 0 spiro atoms. The van der Waals surface area contributed by atoms with Crippen molar-refractivity contribution < 1.29 is 9.59 Å². The topological polar surface area (TPSA) is 49.4 Å². The van der Waals surface area contributed by atoms with Crippen LogP contribution in [0.25, 0.3) is 0 Å². The van der Waals surface area contributed by atoms with Crippen molar-refractivity contribution in [1.82, 2.24) is 10.2 Å². The minimum absolute atomic E-state index is 0.0394. The lowest BCUT2D eigenvalue weighted by atomic mass is 10.1. The number of halogens is 1. The third kappa shape index (κ3) is 4.28. The lowest BCUT2D eigenvalue weighted by Crippen LogP contribution is -2.34. The summed E-state index contributed by atoms with van der Waals surface area (Å²) in [4.78, 5) is 26.6. The molecule has 0 aliphatic carbocycles. The number of hydrogen-bond acceptors (Lipinski definition) is 2. The van der Waals surface area contributed by atoms with Crippen LogP contribution in [0.4, 0.5) is 0 Å². The van der Waals surface area contributed by atoms with Gasteiger partial charge in [0.2, 0.25) is 11.8 Å². The SMILES string of the molecule is CC(NC(=O)C1CC(=O)N(Cc2ccccc2)C1)c1ccccc1Br. The largest absolute Gasteiger partial charge is 0.349 e. The van der Waals surface area contributed by atoms with Crippen molar-refractivity contribution in [3.63, 3.8) is 0 Å². The van der Waals surface area contributed by atoms with Crippen LogP contribution in [0.1, 0.15) is 30.5 Å². The predicted octanol–water partition coefficient (Wildman–Crippen LogP) is 3.68. The molecule has 1 N–H and O–H groups in total. The Morgan fingerprint density at radius 2 is 1.88 bits per heavy atom. The van der Waals surface area contributed by atoms with Crippen molar-refractivity contribution in [2.45, 2.75) is 25.9 Å². The van der Waals surface area contributed by atoms with Gasteiger partial charge in [-0.15, -0.1) is 0 Å². The molecule has 0 saturated carbocycles. The third-order valence-electron chi connectivity index (χ3n) is 4.53. The Morgan fingerprint density at radius 1 is 1.20 bits per heavy atom. The highest BCUT2D eigenvalue weighted by Gasteiger charge is 2.34. The van der Waals surface area contributed by atoms with Crippen LogP contribution in [0.15, 0.2) is 59.1 Å². The normalized spacial score (nSPS) is 18.2. The molecule has 0 bridgehead atoms. The van der Waals surface area contributed by atoms with Crippen LogP contribution in [0, 0.1) is 5.92 Å². The number of hydrogen-bond donors (Lipinski definition) is 1. The molecule has 2 aromatic rings. The summed E-state index contributed by atoms with van der Waals surface area (Å²) in [5, 5.41) is 3.04. The lowest BCUT2D eigenvalue weighted by Gasteiger charge is -2.19. The van der Waals surface area contributed by atoms with E-state index in [1.54, 1.807) is 4.90 Å². The molecule has 3 rings (SSSR count). The van der Waals surface area contributed by atoms with Crippen LogP contribution in [-0.2, 0) is 16.1 Å². The zero-order valence-electron chi connectivity index (χ0n) is 14.1. The van der Waals surface area contributed by atoms with Gasteiger partial charge in [0.05, 0.1) is 12.0 Å². The summed E-state index contributed by atoms with van der Waals surface area (Å²) in [6.45, 7) is 2.99. The maximum Gasteiger partial charge on any atom is 0.225 e. The molecule has 1 aliphatic rings. The quantitative estimate of drug-likeness (QED) is 0.831. The summed E-state index contributed by atoms with van der Waals surface area (Å²) in [6.07, 6.45) is 0.279. The van der Waals surface area contributed by atoms with E-state index in [1.165, 1.54) is 0 Å². The molecule has 1 saturated heterocycles. The number of likely N-dealkylation sites (tertiary alicyclic amines) is 1. The van der Waals surface area contributed by atoms with Gasteiger partial charge in [0.25, 0.3) is 0 Å². The molecular weight excluding hydrogens is 380 g/mol. The number of carbonyl (C=O) groups excluding carboxylic acids is 2. The van der Waals surface area contributed by atoms with E-state index in [1.807, 2.05) is 61.5 Å². The molecule has 0 aromatic heterocycles. The lowest BCUT2D eigenvalue weighted by molar-refractivity contribution is -0.129. The predicted molar refractivity (Wildman–Crippen MR) is 101 cm³/mol. The first kappa shape index (κ1) is 17.7. The van der Waals surface area contributed by atoms with Gasteiger partial charge in [0, 0.05) is 24.0 Å². The maximum absolute atomic E-state index is 12.6. The molecule has 2 unspecified atom stereocenters. The molecule has 25 heavy (non-hydrogen) atoms. The van der Waals surface area contributed by atoms with Crippen molar-refractivity contribution in [2.24, 2.45) is 5.92 Å². The molecule has 130 valence electrons. The molecule has 2 atom stereocenters. The Balaban J connectivity index is 1.60. The van der Waals surface area contributed by atoms with Gasteiger partial charge in [-0.1, -0.05) is 64.5 Å². The van der Waals surface area contributed by atoms with Gasteiger partial charge >= 0.3 is 0 Å². The highest BCUT2D eigenvalue weighted by Crippen LogP contribution is 2.25. The smallest absolute Gasteiger partial charge is 0.225 e. The third-order valence-corrected chi connectivity index (χ3v) is 5.25. The fourth-order valence-corrected chi connectivity index (χ4v) is 3.77. The standard InChI is InChI=1S/C20H21BrN2O2/c1-14(17-9-5-6-10-18(17)21)22-20(25)16-11-19(24)23(13-16)12-15-7-3-2-4-8-15/h2-10,14,16H,11-13H2,1H3,(H,22,25). The van der Waals surface area contributed by atoms with Crippen molar-refractivity contribution in [3.8, 4) is 0 Å². The van der Waals surface area contributed by atoms with E-state index in [9.17, 15) is 9.59 Å². The number of nitrogens with zero attached hydrogens (tertiary/aromatic N) is 1. The molecule has 2 amide bonds. The second-order valence-electron chi connectivity index (χ2n) is 6.41. The molecule has 5 heteroatoms. The van der Waals surface area contributed by atoms with E-state index in [2.05, 4.69) is 21.2 Å². The molecule has 2 aromatic carbocycles. The number of amides is 2. The first-order valence-corrected chi connectivity index (χ1v) is 9.20. The Kier molecular flexibility index (Phi) is 5.53. The zero-order chi connectivity index (χ0) is 17.8. The minimum atomic E-state index is -0.291. The second-order valence-corrected chi connectivity index (χ2v) is 7.27. The first-order chi connectivity index (χ1) is 12.0. The monoisotopic (exact) mass is 400 g/mol. The maximum atomic E-state index is 12.6. The van der Waals surface area contributed by atoms with Crippen molar-refractivity contribution >= 4 is 27.7 Å². The second kappa shape index (κ2) is 7.83. The van der Waals surface area contributed by atoms with Gasteiger partial charge < -0.3 is 10.2 Å². The molecular formula is C20H21BrN2O2. The Morgan fingerprint density at radius 3 is 2.60 bits per heavy atom. The molecule has 1 fully saturated rings. The van der Waals surface area contributed by atoms with E-state index >= 15 is 0 Å². The summed E-state index contributed by atoms with van der Waals surface area (Å²) in [7, 11) is 0. The average molecular weight is 401 g/mol. The fraction of sp³-hybridized carbons (Fsp3) is 0.300. The van der Waals surface area contributed by atoms with Crippen LogP contribution in [-0.4, -0.2) is 23.3 Å². The summed E-state index contributed by atoms with van der Waals surface area (Å²) < 4.78 is 0.969. The number of carbonyl (C=O) groups is 2. The van der Waals surface area contributed by atoms with Gasteiger partial charge in [0.15, 0.2) is 0 Å². The van der Waals surface area contributed by atoms with Crippen LogP contribution >= 0.6 is 15.9 Å². The zero-order valence-corrected chi connectivity index (χ0v) is 15.7. The van der Waals surface area contributed by atoms with Crippen LogP contribution in [0.5, 0.6) is 0 Å². The van der Waals surface area contributed by atoms with Crippen LogP contribution in [0.2, 0.25) is 0 Å². The van der Waals surface area contributed by atoms with Gasteiger partial charge in [-0.3, -0.25) is 9.59 Å². The van der Waals surface area contributed by atoms with Crippen LogP contribution in [0.3, 0.4) is 0 Å². The van der Waals surface area contributed by atoms with Crippen molar-refractivity contribution in [1.29, 1.82) is 0 Å². The summed E-state index contributed by atoms with van der Waals surface area (Å²) in [5.41, 5.74) is 2.11. The van der Waals surface area contributed by atoms with E-state index in [4.69, 9.17) is 0 Å². The molecule has 1 heterocycles. The Hall–Kier alpha value is -2.14. The summed E-state index contributed by atoms with van der Waals surface area (Å²) >= 11 is 3.51. The van der Waals surface area contributed by atoms with Gasteiger partial charge in [-0.2, -0.15) is 0 Å². The van der Waals surface area contributed by atoms with Gasteiger partial charge in [-0.25, -0.2) is 0 Å². The van der Waals surface area contributed by atoms with E-state index in [0.717, 1.165) is 15.6 Å². The highest BCUT2D eigenvalue weighted by molar-refractivity contribution is 9.10. The summed E-state index contributed by atoms with van der Waals surface area (Å²) in [5.74, 6) is -0.314. The number of nitrogens with one attached hydrogen (secondary N) is 1. The molecule has 4 nitrogen and oxygen atoms in total. The van der Waals surface area contributed by atoms with Gasteiger partial charge in [-0.05, 0) is 24.1 Å². The van der Waals surface area contributed by atoms with E-state index < -0.39 is 0 Å². The number of rotatable bonds is 5. The number of benzene rings is 2. The Labute approximate surface area is 156 Å². The Bertz CT molecular complexity index is 763. The summed E-state index contributed by atoms with van der Waals surface area (Å²) in [6, 6.07) is 17.6. The van der Waals surface area contributed by atoms with Crippen molar-refractivity contribution in [2.75, 3.05) is 6.54 Å². The molecule has 1 aliphatic heterocycles. The molecule has 0 radical (unpaired) electrons. The van der Waals surface area contributed by atoms with Crippen LogP contribution < -0.4 is 5.32 Å². The van der Waals surface area contributed by atoms with E-state index in [-0.39, 0.29) is 30.2 Å². The average Bonchev–Trinajstić information content (AvgIpc) is 2.97. The fourth-order valence-electron chi connectivity index (χ4n) is 3.14. The van der Waals surface area contributed by atoms with E-state index in [0.29, 0.717) is 13.1 Å². The van der Waals surface area contributed by atoms with Crippen molar-refractivity contribution in [3.05, 3.63) is 70.2 Å². The minimum Gasteiger partial charge on any atom is -0.349 e. The van der Waals surface area contributed by atoms with Gasteiger partial charge in [0.1, 0.15) is 0 Å². The first-order valence-electron chi connectivity index (χ1n) is 8.41. The highest BCUT2D eigenvalue weighted by atomic mass is 79.9.